The summed E-state index contributed by atoms with van der Waals surface area (Å²) in [5.41, 5.74) is 2.45. The van der Waals surface area contributed by atoms with Crippen LogP contribution in [0.15, 0.2) is 54.6 Å². The van der Waals surface area contributed by atoms with Crippen LogP contribution in [0, 0.1) is 13.8 Å². The number of alkyl halides is 3. The van der Waals surface area contributed by atoms with Gasteiger partial charge in [-0.3, -0.25) is 4.79 Å². The Kier molecular flexibility index (Phi) is 4.89. The lowest BCUT2D eigenvalue weighted by Crippen LogP contribution is -2.15. The van der Waals surface area contributed by atoms with Crippen molar-refractivity contribution in [1.82, 2.24) is 19.6 Å². The van der Waals surface area contributed by atoms with Crippen molar-refractivity contribution in [2.75, 3.05) is 5.32 Å². The third kappa shape index (κ3) is 4.05. The summed E-state index contributed by atoms with van der Waals surface area (Å²) in [7, 11) is 0. The quantitative estimate of drug-likeness (QED) is 0.359. The van der Waals surface area contributed by atoms with E-state index in [1.54, 1.807) is 23.5 Å². The molecule has 0 spiro atoms. The second-order valence-electron chi connectivity index (χ2n) is 7.60. The van der Waals surface area contributed by atoms with Crippen LogP contribution in [0.3, 0.4) is 0 Å². The van der Waals surface area contributed by atoms with Crippen LogP contribution >= 0.6 is 11.3 Å². The highest BCUT2D eigenvalue weighted by Crippen LogP contribution is 2.32. The summed E-state index contributed by atoms with van der Waals surface area (Å²) in [6, 6.07) is 15.3. The number of benzene rings is 2. The van der Waals surface area contributed by atoms with Crippen molar-refractivity contribution in [3.63, 3.8) is 0 Å². The molecule has 0 bridgehead atoms. The summed E-state index contributed by atoms with van der Waals surface area (Å²) in [6.07, 6.45) is -4.62. The van der Waals surface area contributed by atoms with Gasteiger partial charge in [-0.1, -0.05) is 6.07 Å². The Morgan fingerprint density at radius 3 is 2.48 bits per heavy atom. The van der Waals surface area contributed by atoms with Crippen molar-refractivity contribution in [3.05, 3.63) is 77.2 Å². The van der Waals surface area contributed by atoms with Gasteiger partial charge in [0.25, 0.3) is 5.91 Å². The number of amides is 1. The Bertz CT molecular complexity index is 1520. The lowest BCUT2D eigenvalue weighted by molar-refractivity contribution is -0.142. The molecule has 3 aromatic heterocycles. The van der Waals surface area contributed by atoms with Crippen LogP contribution in [0.1, 0.15) is 27.4 Å². The van der Waals surface area contributed by atoms with Gasteiger partial charge in [-0.15, -0.1) is 11.3 Å². The zero-order valence-corrected chi connectivity index (χ0v) is 18.3. The van der Waals surface area contributed by atoms with Gasteiger partial charge >= 0.3 is 6.18 Å². The molecule has 0 fully saturated rings. The standard InChI is InChI=1S/C23H16F3N5OS/c1-12-3-8-16-18(9-12)33-22(29-16)14-4-6-15(7-5-14)28-21(32)17-11-20-27-13(2)10-19(23(24,25)26)31(20)30-17/h3-11H,1-2H3,(H,28,32). The molecule has 6 nitrogen and oxygen atoms in total. The largest absolute Gasteiger partial charge is 0.433 e. The number of fused-ring (bicyclic) bond motifs is 2. The Morgan fingerprint density at radius 2 is 1.76 bits per heavy atom. The number of carbonyl (C=O) groups excluding carboxylic acids is 1. The van der Waals surface area contributed by atoms with Gasteiger partial charge in [0, 0.05) is 23.0 Å². The summed E-state index contributed by atoms with van der Waals surface area (Å²) >= 11 is 1.58. The molecule has 0 radical (unpaired) electrons. The average molecular weight is 467 g/mol. The molecule has 1 N–H and O–H groups in total. The highest BCUT2D eigenvalue weighted by atomic mass is 32.1. The van der Waals surface area contributed by atoms with Gasteiger partial charge in [-0.2, -0.15) is 18.3 Å². The predicted octanol–water partition coefficient (Wildman–Crippen LogP) is 5.89. The van der Waals surface area contributed by atoms with E-state index in [-0.39, 0.29) is 17.0 Å². The van der Waals surface area contributed by atoms with Crippen molar-refractivity contribution in [2.45, 2.75) is 20.0 Å². The Hall–Kier alpha value is -3.79. The number of thiazole rings is 1. The van der Waals surface area contributed by atoms with E-state index in [0.717, 1.165) is 32.4 Å². The Balaban J connectivity index is 1.39. The molecule has 33 heavy (non-hydrogen) atoms. The minimum atomic E-state index is -4.62. The van der Waals surface area contributed by atoms with Gasteiger partial charge in [-0.05, 0) is 61.9 Å². The molecule has 166 valence electrons. The number of aryl methyl sites for hydroxylation is 2. The number of halogens is 3. The second-order valence-corrected chi connectivity index (χ2v) is 8.63. The van der Waals surface area contributed by atoms with E-state index in [1.807, 2.05) is 31.2 Å². The summed E-state index contributed by atoms with van der Waals surface area (Å²) < 4.78 is 41.7. The first kappa shape index (κ1) is 21.1. The van der Waals surface area contributed by atoms with Crippen LogP contribution in [0.25, 0.3) is 26.4 Å². The van der Waals surface area contributed by atoms with Gasteiger partial charge < -0.3 is 5.32 Å². The van der Waals surface area contributed by atoms with E-state index < -0.39 is 17.8 Å². The first-order chi connectivity index (χ1) is 15.7. The van der Waals surface area contributed by atoms with Crippen molar-refractivity contribution in [2.24, 2.45) is 0 Å². The average Bonchev–Trinajstić information content (AvgIpc) is 3.36. The molecule has 0 atom stereocenters. The van der Waals surface area contributed by atoms with Crippen LogP contribution in [0.2, 0.25) is 0 Å². The van der Waals surface area contributed by atoms with Crippen molar-refractivity contribution in [3.8, 4) is 10.6 Å². The maximum Gasteiger partial charge on any atom is 0.433 e. The highest BCUT2D eigenvalue weighted by molar-refractivity contribution is 7.21. The topological polar surface area (TPSA) is 72.2 Å². The number of anilines is 1. The molecule has 1 amide bonds. The molecule has 0 saturated carbocycles. The summed E-state index contributed by atoms with van der Waals surface area (Å²) in [5.74, 6) is -0.630. The maximum absolute atomic E-state index is 13.3. The third-order valence-electron chi connectivity index (χ3n) is 5.01. The molecular formula is C23H16F3N5OS. The van der Waals surface area contributed by atoms with Gasteiger partial charge in [0.1, 0.15) is 10.7 Å². The summed E-state index contributed by atoms with van der Waals surface area (Å²) in [4.78, 5) is 21.3. The van der Waals surface area contributed by atoms with E-state index in [2.05, 4.69) is 26.4 Å². The number of aromatic nitrogens is 4. The number of carbonyl (C=O) groups is 1. The van der Waals surface area contributed by atoms with Crippen LogP contribution in [0.4, 0.5) is 18.9 Å². The van der Waals surface area contributed by atoms with Crippen LogP contribution in [-0.2, 0) is 6.18 Å². The number of hydrogen-bond donors (Lipinski definition) is 1. The van der Waals surface area contributed by atoms with E-state index in [0.29, 0.717) is 10.2 Å². The molecular weight excluding hydrogens is 451 g/mol. The molecule has 0 aliphatic carbocycles. The van der Waals surface area contributed by atoms with Crippen LogP contribution < -0.4 is 5.32 Å². The smallest absolute Gasteiger partial charge is 0.321 e. The third-order valence-corrected chi connectivity index (χ3v) is 6.08. The summed E-state index contributed by atoms with van der Waals surface area (Å²) in [6.45, 7) is 3.48. The van der Waals surface area contributed by atoms with Crippen molar-refractivity contribution >= 4 is 38.8 Å². The SMILES string of the molecule is Cc1ccc2nc(-c3ccc(NC(=O)c4cc5nc(C)cc(C(F)(F)F)n5n4)cc3)sc2c1. The molecule has 0 unspecified atom stereocenters. The molecule has 0 aliphatic heterocycles. The molecule has 5 aromatic rings. The zero-order valence-electron chi connectivity index (χ0n) is 17.4. The Labute approximate surface area is 189 Å². The molecule has 5 rings (SSSR count). The lowest BCUT2D eigenvalue weighted by atomic mass is 10.2. The van der Waals surface area contributed by atoms with Gasteiger partial charge in [0.2, 0.25) is 0 Å². The van der Waals surface area contributed by atoms with Crippen LogP contribution in [0.5, 0.6) is 0 Å². The van der Waals surface area contributed by atoms with E-state index in [1.165, 1.54) is 13.0 Å². The van der Waals surface area contributed by atoms with Crippen molar-refractivity contribution in [1.29, 1.82) is 0 Å². The number of hydrogen-bond acceptors (Lipinski definition) is 5. The highest BCUT2D eigenvalue weighted by Gasteiger charge is 2.35. The Morgan fingerprint density at radius 1 is 1.00 bits per heavy atom. The predicted molar refractivity (Wildman–Crippen MR) is 120 cm³/mol. The number of rotatable bonds is 3. The zero-order chi connectivity index (χ0) is 23.3. The second kappa shape index (κ2) is 7.66. The first-order valence-corrected chi connectivity index (χ1v) is 10.7. The minimum absolute atomic E-state index is 0.0473. The van der Waals surface area contributed by atoms with E-state index >= 15 is 0 Å². The number of nitrogens with one attached hydrogen (secondary N) is 1. The van der Waals surface area contributed by atoms with Gasteiger partial charge in [0.15, 0.2) is 11.3 Å². The fraction of sp³-hybridized carbons (Fsp3) is 0.130. The normalized spacial score (nSPS) is 11.9. The molecule has 10 heteroatoms. The molecule has 0 saturated heterocycles. The van der Waals surface area contributed by atoms with E-state index in [9.17, 15) is 18.0 Å². The monoisotopic (exact) mass is 467 g/mol. The minimum Gasteiger partial charge on any atom is -0.321 e. The van der Waals surface area contributed by atoms with Crippen molar-refractivity contribution < 1.29 is 18.0 Å². The fourth-order valence-electron chi connectivity index (χ4n) is 3.46. The maximum atomic E-state index is 13.3. The number of nitrogens with zero attached hydrogens (tertiary/aromatic N) is 4. The van der Waals surface area contributed by atoms with E-state index in [4.69, 9.17) is 0 Å². The fourth-order valence-corrected chi connectivity index (χ4v) is 4.53. The van der Waals surface area contributed by atoms with Gasteiger partial charge in [0.05, 0.1) is 10.2 Å². The first-order valence-electron chi connectivity index (χ1n) is 9.91. The van der Waals surface area contributed by atoms with Gasteiger partial charge in [-0.25, -0.2) is 14.5 Å². The molecule has 0 aliphatic rings. The summed E-state index contributed by atoms with van der Waals surface area (Å²) in [5, 5.41) is 7.35. The molecule has 2 aromatic carbocycles. The lowest BCUT2D eigenvalue weighted by Gasteiger charge is -2.09. The molecule has 3 heterocycles. The van der Waals surface area contributed by atoms with Crippen LogP contribution in [-0.4, -0.2) is 25.5 Å².